The molecule has 0 saturated heterocycles. The van der Waals surface area contributed by atoms with Gasteiger partial charge in [-0.2, -0.15) is 0 Å². The van der Waals surface area contributed by atoms with Crippen LogP contribution in [-0.4, -0.2) is 69.5 Å². The summed E-state index contributed by atoms with van der Waals surface area (Å²) in [5.74, 6) is 0. The first-order valence-corrected chi connectivity index (χ1v) is 14.5. The maximum absolute atomic E-state index is 12.7. The Labute approximate surface area is 212 Å². The number of likely N-dealkylation sites (N-methyl/N-ethyl adjacent to an activating group) is 1. The van der Waals surface area contributed by atoms with Crippen molar-refractivity contribution in [1.82, 2.24) is 4.90 Å². The summed E-state index contributed by atoms with van der Waals surface area (Å²) in [6, 6.07) is 9.47. The summed E-state index contributed by atoms with van der Waals surface area (Å²) in [5, 5.41) is 0. The van der Waals surface area contributed by atoms with Crippen molar-refractivity contribution in [2.24, 2.45) is 0 Å². The fourth-order valence-corrected chi connectivity index (χ4v) is 4.13. The zero-order valence-electron chi connectivity index (χ0n) is 22.3. The minimum atomic E-state index is -4.42. The van der Waals surface area contributed by atoms with Gasteiger partial charge in [-0.1, -0.05) is 88.6 Å². The minimum absolute atomic E-state index is 0.0472. The third-order valence-corrected chi connectivity index (χ3v) is 6.61. The van der Waals surface area contributed by atoms with Crippen LogP contribution in [0.5, 0.6) is 0 Å². The summed E-state index contributed by atoms with van der Waals surface area (Å²) in [5.41, 5.74) is 0.898. The van der Waals surface area contributed by atoms with Crippen LogP contribution in [0.25, 0.3) is 0 Å². The molecule has 1 aromatic rings. The molecule has 35 heavy (non-hydrogen) atoms. The van der Waals surface area contributed by atoms with E-state index < -0.39 is 13.9 Å². The predicted octanol–water partition coefficient (Wildman–Crippen LogP) is 5.36. The summed E-state index contributed by atoms with van der Waals surface area (Å²) in [6.45, 7) is 3.43. The maximum Gasteiger partial charge on any atom is 0.410 e. The summed E-state index contributed by atoms with van der Waals surface area (Å²) < 4.78 is 28.0. The average molecular weight is 515 g/mol. The molecular weight excluding hydrogens is 467 g/mol. The van der Waals surface area contributed by atoms with Crippen molar-refractivity contribution in [2.75, 3.05) is 54.0 Å². The van der Waals surface area contributed by atoms with Gasteiger partial charge in [-0.15, -0.1) is 0 Å². The number of hydrogen-bond donors (Lipinski definition) is 0. The number of carbonyl (C=O) groups excluding carboxylic acids is 1. The van der Waals surface area contributed by atoms with E-state index in [1.807, 2.05) is 51.5 Å². The molecule has 0 heterocycles. The van der Waals surface area contributed by atoms with Crippen molar-refractivity contribution in [2.45, 2.75) is 71.3 Å². The number of rotatable bonds is 20. The second-order valence-corrected chi connectivity index (χ2v) is 11.4. The molecule has 9 heteroatoms. The molecule has 0 aromatic heterocycles. The van der Waals surface area contributed by atoms with E-state index in [1.54, 1.807) is 0 Å². The van der Waals surface area contributed by atoms with Crippen LogP contribution in [0.1, 0.15) is 70.3 Å². The lowest BCUT2D eigenvalue weighted by atomic mass is 10.1. The molecule has 0 N–H and O–H groups in total. The second-order valence-electron chi connectivity index (χ2n) is 9.98. The van der Waals surface area contributed by atoms with Gasteiger partial charge in [-0.3, -0.25) is 4.57 Å². The lowest BCUT2D eigenvalue weighted by molar-refractivity contribution is -0.870. The summed E-state index contributed by atoms with van der Waals surface area (Å²) in [6.07, 6.45) is 10.1. The SMILES string of the molecule is CCCCCCCCCCCN(CCOP(=O)([O-])OCC[N+](C)(C)C)C(=O)OCc1ccccc1. The van der Waals surface area contributed by atoms with Gasteiger partial charge in [0.15, 0.2) is 0 Å². The highest BCUT2D eigenvalue weighted by atomic mass is 31.2. The molecule has 0 bridgehead atoms. The third-order valence-electron chi connectivity index (χ3n) is 5.62. The summed E-state index contributed by atoms with van der Waals surface area (Å²) in [7, 11) is 1.43. The second kappa shape index (κ2) is 17.9. The number of unbranched alkanes of at least 4 members (excludes halogenated alkanes) is 8. The molecule has 1 amide bonds. The zero-order chi connectivity index (χ0) is 26.0. The van der Waals surface area contributed by atoms with Gasteiger partial charge in [-0.25, -0.2) is 4.79 Å². The van der Waals surface area contributed by atoms with Gasteiger partial charge in [0.2, 0.25) is 0 Å². The van der Waals surface area contributed by atoms with Crippen LogP contribution < -0.4 is 4.89 Å². The van der Waals surface area contributed by atoms with Crippen molar-refractivity contribution in [3.05, 3.63) is 35.9 Å². The summed E-state index contributed by atoms with van der Waals surface area (Å²) in [4.78, 5) is 26.3. The molecule has 202 valence electrons. The van der Waals surface area contributed by atoms with E-state index in [4.69, 9.17) is 13.8 Å². The van der Waals surface area contributed by atoms with Crippen molar-refractivity contribution < 1.29 is 32.5 Å². The lowest BCUT2D eigenvalue weighted by Gasteiger charge is -2.28. The fraction of sp³-hybridized carbons (Fsp3) is 0.731. The molecule has 0 fully saturated rings. The van der Waals surface area contributed by atoms with Crippen molar-refractivity contribution in [3.8, 4) is 0 Å². The number of carbonyl (C=O) groups is 1. The molecule has 1 unspecified atom stereocenters. The Morgan fingerprint density at radius 1 is 0.886 bits per heavy atom. The number of nitrogens with zero attached hydrogens (tertiary/aromatic N) is 2. The molecular formula is C26H47N2O6P. The quantitative estimate of drug-likeness (QED) is 0.132. The Morgan fingerprint density at radius 2 is 1.46 bits per heavy atom. The maximum atomic E-state index is 12.7. The molecule has 8 nitrogen and oxygen atoms in total. The number of hydrogen-bond acceptors (Lipinski definition) is 6. The normalized spacial score (nSPS) is 13.4. The van der Waals surface area contributed by atoms with Crippen LogP contribution >= 0.6 is 7.82 Å². The average Bonchev–Trinajstić information content (AvgIpc) is 2.80. The highest BCUT2D eigenvalue weighted by molar-refractivity contribution is 7.45. The number of benzene rings is 1. The molecule has 0 aliphatic carbocycles. The Kier molecular flexibility index (Phi) is 16.2. The highest BCUT2D eigenvalue weighted by Gasteiger charge is 2.18. The minimum Gasteiger partial charge on any atom is -0.756 e. The van der Waals surface area contributed by atoms with Gasteiger partial charge in [0.25, 0.3) is 7.82 Å². The first-order chi connectivity index (χ1) is 16.6. The van der Waals surface area contributed by atoms with Gasteiger partial charge in [0.1, 0.15) is 19.8 Å². The molecule has 0 aliphatic rings. The fourth-order valence-electron chi connectivity index (χ4n) is 3.44. The van der Waals surface area contributed by atoms with E-state index in [0.29, 0.717) is 17.6 Å². The Morgan fingerprint density at radius 3 is 2.06 bits per heavy atom. The standard InChI is InChI=1S/C26H47N2O6P/c1-5-6-7-8-9-10-11-12-16-19-27(26(29)32-24-25-17-14-13-15-18-25)20-22-33-35(30,31)34-23-21-28(2,3)4/h13-15,17-18H,5-12,16,19-24H2,1-4H3. The smallest absolute Gasteiger partial charge is 0.410 e. The van der Waals surface area contributed by atoms with Crippen LogP contribution in [-0.2, 0) is 25.0 Å². The van der Waals surface area contributed by atoms with Crippen LogP contribution in [0.15, 0.2) is 30.3 Å². The van der Waals surface area contributed by atoms with E-state index in [0.717, 1.165) is 24.8 Å². The number of quaternary nitrogens is 1. The van der Waals surface area contributed by atoms with Crippen molar-refractivity contribution in [1.29, 1.82) is 0 Å². The summed E-state index contributed by atoms with van der Waals surface area (Å²) >= 11 is 0. The van der Waals surface area contributed by atoms with Crippen LogP contribution in [0.2, 0.25) is 0 Å². The Hall–Kier alpha value is -1.44. The monoisotopic (exact) mass is 514 g/mol. The van der Waals surface area contributed by atoms with E-state index in [9.17, 15) is 14.3 Å². The topological polar surface area (TPSA) is 88.1 Å². The van der Waals surface area contributed by atoms with Crippen molar-refractivity contribution in [3.63, 3.8) is 0 Å². The molecule has 0 aliphatic heterocycles. The van der Waals surface area contributed by atoms with Crippen LogP contribution in [0.4, 0.5) is 4.79 Å². The molecule has 1 aromatic carbocycles. The molecule has 0 spiro atoms. The zero-order valence-corrected chi connectivity index (χ0v) is 23.2. The highest BCUT2D eigenvalue weighted by Crippen LogP contribution is 2.37. The van der Waals surface area contributed by atoms with Gasteiger partial charge in [0, 0.05) is 13.1 Å². The third kappa shape index (κ3) is 17.6. The number of ether oxygens (including phenoxy) is 1. The predicted molar refractivity (Wildman–Crippen MR) is 138 cm³/mol. The van der Waals surface area contributed by atoms with E-state index in [2.05, 4.69) is 6.92 Å². The largest absolute Gasteiger partial charge is 0.756 e. The van der Waals surface area contributed by atoms with Gasteiger partial charge in [0.05, 0.1) is 27.7 Å². The van der Waals surface area contributed by atoms with Crippen molar-refractivity contribution >= 4 is 13.9 Å². The van der Waals surface area contributed by atoms with E-state index in [-0.39, 0.29) is 26.4 Å². The van der Waals surface area contributed by atoms with Gasteiger partial charge >= 0.3 is 6.09 Å². The van der Waals surface area contributed by atoms with Gasteiger partial charge < -0.3 is 28.1 Å². The first kappa shape index (κ1) is 31.6. The Balaban J connectivity index is 2.45. The molecule has 0 radical (unpaired) electrons. The number of amides is 1. The number of phosphoric ester groups is 1. The van der Waals surface area contributed by atoms with Crippen LogP contribution in [0.3, 0.4) is 0 Å². The molecule has 1 atom stereocenters. The Bertz CT molecular complexity index is 726. The van der Waals surface area contributed by atoms with E-state index in [1.165, 1.54) is 43.4 Å². The molecule has 1 rings (SSSR count). The van der Waals surface area contributed by atoms with Gasteiger partial charge in [-0.05, 0) is 12.0 Å². The molecule has 0 saturated carbocycles. The van der Waals surface area contributed by atoms with E-state index >= 15 is 0 Å². The van der Waals surface area contributed by atoms with Crippen LogP contribution in [0, 0.1) is 0 Å². The first-order valence-electron chi connectivity index (χ1n) is 13.0. The number of phosphoric acid groups is 1. The lowest BCUT2D eigenvalue weighted by Crippen LogP contribution is -2.38.